The molecule has 1 saturated carbocycles. The highest BCUT2D eigenvalue weighted by atomic mass is 16.5. The molecular weight excluding hydrogens is 366 g/mol. The van der Waals surface area contributed by atoms with E-state index in [1.807, 2.05) is 31.2 Å². The summed E-state index contributed by atoms with van der Waals surface area (Å²) in [4.78, 5) is 24.6. The van der Waals surface area contributed by atoms with Crippen LogP contribution in [0.2, 0.25) is 0 Å². The third-order valence-electron chi connectivity index (χ3n) is 5.20. The monoisotopic (exact) mass is 393 g/mol. The summed E-state index contributed by atoms with van der Waals surface area (Å²) in [5.74, 6) is 0.538. The predicted molar refractivity (Wildman–Crippen MR) is 114 cm³/mol. The molecule has 0 atom stereocenters. The molecule has 3 rings (SSSR count). The number of methoxy groups -OCH3 is 1. The Morgan fingerprint density at radius 2 is 1.72 bits per heavy atom. The van der Waals surface area contributed by atoms with Gasteiger partial charge in [0.05, 0.1) is 12.8 Å². The zero-order valence-corrected chi connectivity index (χ0v) is 16.9. The lowest BCUT2D eigenvalue weighted by Crippen LogP contribution is -2.24. The Labute approximate surface area is 171 Å². The number of carbonyl (C=O) groups is 2. The Balaban J connectivity index is 1.58. The Bertz CT molecular complexity index is 884. The molecule has 0 radical (unpaired) electrons. The second kappa shape index (κ2) is 9.87. The minimum absolute atomic E-state index is 0.105. The second-order valence-electron chi connectivity index (χ2n) is 7.27. The van der Waals surface area contributed by atoms with Crippen molar-refractivity contribution in [2.45, 2.75) is 39.0 Å². The van der Waals surface area contributed by atoms with Crippen LogP contribution >= 0.6 is 0 Å². The van der Waals surface area contributed by atoms with E-state index in [0.29, 0.717) is 17.0 Å². The second-order valence-corrected chi connectivity index (χ2v) is 7.27. The normalized spacial score (nSPS) is 14.9. The van der Waals surface area contributed by atoms with Gasteiger partial charge in [0.25, 0.3) is 5.91 Å². The van der Waals surface area contributed by atoms with E-state index in [9.17, 15) is 9.59 Å². The summed E-state index contributed by atoms with van der Waals surface area (Å²) in [5.41, 5.74) is 5.35. The molecule has 6 heteroatoms. The molecule has 2 amide bonds. The highest BCUT2D eigenvalue weighted by molar-refractivity contribution is 6.01. The van der Waals surface area contributed by atoms with Crippen LogP contribution in [0.5, 0.6) is 5.75 Å². The van der Waals surface area contributed by atoms with Gasteiger partial charge in [-0.3, -0.25) is 9.59 Å². The zero-order chi connectivity index (χ0) is 20.6. The zero-order valence-electron chi connectivity index (χ0n) is 16.9. The average molecular weight is 393 g/mol. The lowest BCUT2D eigenvalue weighted by Gasteiger charge is -2.20. The van der Waals surface area contributed by atoms with E-state index in [1.54, 1.807) is 31.4 Å². The third-order valence-corrected chi connectivity index (χ3v) is 5.20. The molecule has 2 aromatic carbocycles. The quantitative estimate of drug-likeness (QED) is 0.565. The van der Waals surface area contributed by atoms with Crippen molar-refractivity contribution >= 4 is 23.2 Å². The summed E-state index contributed by atoms with van der Waals surface area (Å²) in [6, 6.07) is 14.4. The van der Waals surface area contributed by atoms with Crippen LogP contribution in [0.25, 0.3) is 0 Å². The van der Waals surface area contributed by atoms with Gasteiger partial charge in [-0.1, -0.05) is 37.5 Å². The molecule has 2 N–H and O–H groups in total. The standard InChI is InChI=1S/C23H27N3O3/c1-16(25-26-23(28)19-9-6-10-21(15-19)29-2)17-11-13-20(14-12-17)24-22(27)18-7-4-3-5-8-18/h6,9-15,18H,3-5,7-8H2,1-2H3,(H,24,27)(H,26,28)/b25-16-. The maximum atomic E-state index is 12.4. The van der Waals surface area contributed by atoms with E-state index in [-0.39, 0.29) is 17.7 Å². The number of hydrazone groups is 1. The molecule has 152 valence electrons. The Morgan fingerprint density at radius 1 is 1.00 bits per heavy atom. The maximum Gasteiger partial charge on any atom is 0.271 e. The molecule has 1 aliphatic carbocycles. The molecule has 0 aliphatic heterocycles. The van der Waals surface area contributed by atoms with Crippen molar-refractivity contribution in [2.75, 3.05) is 12.4 Å². The molecule has 0 heterocycles. The molecule has 6 nitrogen and oxygen atoms in total. The fourth-order valence-electron chi connectivity index (χ4n) is 3.43. The largest absolute Gasteiger partial charge is 0.497 e. The van der Waals surface area contributed by atoms with Gasteiger partial charge in [0.2, 0.25) is 5.91 Å². The van der Waals surface area contributed by atoms with Crippen LogP contribution in [-0.2, 0) is 4.79 Å². The Hall–Kier alpha value is -3.15. The topological polar surface area (TPSA) is 79.8 Å². The first kappa shape index (κ1) is 20.6. The minimum Gasteiger partial charge on any atom is -0.497 e. The Morgan fingerprint density at radius 3 is 2.41 bits per heavy atom. The van der Waals surface area contributed by atoms with Gasteiger partial charge in [0.15, 0.2) is 0 Å². The molecule has 1 fully saturated rings. The fraction of sp³-hybridized carbons (Fsp3) is 0.348. The molecular formula is C23H27N3O3. The van der Waals surface area contributed by atoms with Gasteiger partial charge in [-0.05, 0) is 55.7 Å². The number of ether oxygens (including phenoxy) is 1. The van der Waals surface area contributed by atoms with Gasteiger partial charge < -0.3 is 10.1 Å². The van der Waals surface area contributed by atoms with Crippen LogP contribution in [0.3, 0.4) is 0 Å². The highest BCUT2D eigenvalue weighted by Gasteiger charge is 2.20. The molecule has 1 aliphatic rings. The number of benzene rings is 2. The van der Waals surface area contributed by atoms with Crippen molar-refractivity contribution in [3.63, 3.8) is 0 Å². The molecule has 29 heavy (non-hydrogen) atoms. The summed E-state index contributed by atoms with van der Waals surface area (Å²) in [5, 5.41) is 7.18. The number of nitrogens with one attached hydrogen (secondary N) is 2. The smallest absolute Gasteiger partial charge is 0.271 e. The van der Waals surface area contributed by atoms with E-state index in [1.165, 1.54) is 6.42 Å². The van der Waals surface area contributed by atoms with Crippen molar-refractivity contribution in [3.05, 3.63) is 59.7 Å². The van der Waals surface area contributed by atoms with Gasteiger partial charge in [0.1, 0.15) is 5.75 Å². The molecule has 0 unspecified atom stereocenters. The van der Waals surface area contributed by atoms with E-state index in [0.717, 1.165) is 36.9 Å². The number of amides is 2. The number of carbonyl (C=O) groups excluding carboxylic acids is 2. The van der Waals surface area contributed by atoms with E-state index < -0.39 is 0 Å². The summed E-state index contributed by atoms with van der Waals surface area (Å²) in [6.45, 7) is 1.82. The number of anilines is 1. The van der Waals surface area contributed by atoms with E-state index in [4.69, 9.17) is 4.74 Å². The van der Waals surface area contributed by atoms with Crippen LogP contribution in [-0.4, -0.2) is 24.6 Å². The summed E-state index contributed by atoms with van der Waals surface area (Å²) < 4.78 is 5.13. The maximum absolute atomic E-state index is 12.4. The first-order valence-corrected chi connectivity index (χ1v) is 9.97. The van der Waals surface area contributed by atoms with Crippen molar-refractivity contribution < 1.29 is 14.3 Å². The van der Waals surface area contributed by atoms with Gasteiger partial charge in [0, 0.05) is 17.2 Å². The van der Waals surface area contributed by atoms with E-state index in [2.05, 4.69) is 15.8 Å². The summed E-state index contributed by atoms with van der Waals surface area (Å²) in [7, 11) is 1.56. The predicted octanol–water partition coefficient (Wildman–Crippen LogP) is 4.37. The molecule has 0 saturated heterocycles. The number of hydrogen-bond donors (Lipinski definition) is 2. The number of rotatable bonds is 6. The number of nitrogens with zero attached hydrogens (tertiary/aromatic N) is 1. The van der Waals surface area contributed by atoms with Crippen LogP contribution in [0.4, 0.5) is 5.69 Å². The lowest BCUT2D eigenvalue weighted by molar-refractivity contribution is -0.120. The van der Waals surface area contributed by atoms with Crippen molar-refractivity contribution in [1.82, 2.24) is 5.43 Å². The van der Waals surface area contributed by atoms with Gasteiger partial charge >= 0.3 is 0 Å². The molecule has 0 aromatic heterocycles. The highest BCUT2D eigenvalue weighted by Crippen LogP contribution is 2.25. The minimum atomic E-state index is -0.306. The van der Waals surface area contributed by atoms with E-state index >= 15 is 0 Å². The fourth-order valence-corrected chi connectivity index (χ4v) is 3.43. The molecule has 0 spiro atoms. The summed E-state index contributed by atoms with van der Waals surface area (Å²) in [6.07, 6.45) is 5.44. The first-order valence-electron chi connectivity index (χ1n) is 9.97. The van der Waals surface area contributed by atoms with Crippen LogP contribution < -0.4 is 15.5 Å². The third kappa shape index (κ3) is 5.67. The number of hydrogen-bond acceptors (Lipinski definition) is 4. The average Bonchev–Trinajstić information content (AvgIpc) is 2.78. The van der Waals surface area contributed by atoms with Gasteiger partial charge in [-0.2, -0.15) is 5.10 Å². The Kier molecular flexibility index (Phi) is 7.00. The van der Waals surface area contributed by atoms with Crippen LogP contribution in [0.1, 0.15) is 54.9 Å². The SMILES string of the molecule is COc1cccc(C(=O)N/N=C(/C)c2ccc(NC(=O)C3CCCCC3)cc2)c1. The van der Waals surface area contributed by atoms with Crippen LogP contribution in [0.15, 0.2) is 53.6 Å². The first-order chi connectivity index (χ1) is 14.1. The molecule has 0 bridgehead atoms. The van der Waals surface area contributed by atoms with Crippen molar-refractivity contribution in [3.8, 4) is 5.75 Å². The van der Waals surface area contributed by atoms with Crippen molar-refractivity contribution in [1.29, 1.82) is 0 Å². The lowest BCUT2D eigenvalue weighted by atomic mass is 9.88. The van der Waals surface area contributed by atoms with Gasteiger partial charge in [-0.15, -0.1) is 0 Å². The van der Waals surface area contributed by atoms with Crippen LogP contribution in [0, 0.1) is 5.92 Å². The molecule has 2 aromatic rings. The van der Waals surface area contributed by atoms with Crippen molar-refractivity contribution in [2.24, 2.45) is 11.0 Å². The summed E-state index contributed by atoms with van der Waals surface area (Å²) >= 11 is 0. The van der Waals surface area contributed by atoms with Gasteiger partial charge in [-0.25, -0.2) is 5.43 Å².